The molecule has 0 aliphatic rings. The molecule has 0 fully saturated rings. The van der Waals surface area contributed by atoms with Gasteiger partial charge in [-0.25, -0.2) is 4.39 Å². The fourth-order valence-electron chi connectivity index (χ4n) is 1.87. The van der Waals surface area contributed by atoms with Crippen molar-refractivity contribution in [3.8, 4) is 17.6 Å². The van der Waals surface area contributed by atoms with E-state index in [2.05, 4.69) is 0 Å². The second kappa shape index (κ2) is 5.72. The summed E-state index contributed by atoms with van der Waals surface area (Å²) in [6.45, 7) is 3.43. The smallest absolute Gasteiger partial charge is 0.132 e. The van der Waals surface area contributed by atoms with Crippen LogP contribution >= 0.6 is 0 Å². The summed E-state index contributed by atoms with van der Waals surface area (Å²) in [7, 11) is 0. The number of aryl methyl sites for hydroxylation is 1. The molecule has 4 heteroatoms. The number of rotatable bonds is 3. The highest BCUT2D eigenvalue weighted by Gasteiger charge is 2.13. The van der Waals surface area contributed by atoms with Crippen molar-refractivity contribution in [3.05, 3.63) is 58.9 Å². The molecule has 0 bridgehead atoms. The quantitative estimate of drug-likeness (QED) is 0.922. The predicted molar refractivity (Wildman–Crippen MR) is 75.0 cm³/mol. The summed E-state index contributed by atoms with van der Waals surface area (Å²) in [6, 6.07) is 11.5. The van der Waals surface area contributed by atoms with Gasteiger partial charge in [-0.2, -0.15) is 5.26 Å². The first kappa shape index (κ1) is 14.0. The maximum Gasteiger partial charge on any atom is 0.132 e. The third-order valence-electron chi connectivity index (χ3n) is 2.97. The van der Waals surface area contributed by atoms with Crippen LogP contribution in [0.3, 0.4) is 0 Å². The fourth-order valence-corrected chi connectivity index (χ4v) is 1.87. The molecule has 20 heavy (non-hydrogen) atoms. The first-order valence-electron chi connectivity index (χ1n) is 6.25. The molecule has 1 atom stereocenters. The monoisotopic (exact) mass is 270 g/mol. The summed E-state index contributed by atoms with van der Waals surface area (Å²) in [4.78, 5) is 0. The third-order valence-corrected chi connectivity index (χ3v) is 2.97. The zero-order valence-electron chi connectivity index (χ0n) is 11.4. The summed E-state index contributed by atoms with van der Waals surface area (Å²) >= 11 is 0. The molecule has 0 heterocycles. The average Bonchev–Trinajstić information content (AvgIpc) is 2.42. The van der Waals surface area contributed by atoms with Gasteiger partial charge in [0.25, 0.3) is 0 Å². The molecule has 0 amide bonds. The standard InChI is InChI=1S/C16H15FN2O/c1-10-6-16(14(11(2)19)8-15(10)17)20-13-5-3-4-12(7-13)9-18/h3-8,11H,19H2,1-2H3/t11-/m1/s1. The molecular weight excluding hydrogens is 255 g/mol. The molecule has 0 saturated carbocycles. The van der Waals surface area contributed by atoms with Crippen LogP contribution in [0.1, 0.15) is 29.7 Å². The molecule has 102 valence electrons. The Balaban J connectivity index is 2.42. The highest BCUT2D eigenvalue weighted by Crippen LogP contribution is 2.31. The number of nitrogens with two attached hydrogens (primary N) is 1. The van der Waals surface area contributed by atoms with Gasteiger partial charge in [0, 0.05) is 11.6 Å². The van der Waals surface area contributed by atoms with Crippen LogP contribution in [0, 0.1) is 24.1 Å². The van der Waals surface area contributed by atoms with Crippen LogP contribution in [0.2, 0.25) is 0 Å². The first-order valence-corrected chi connectivity index (χ1v) is 6.25. The van der Waals surface area contributed by atoms with Gasteiger partial charge in [0.05, 0.1) is 11.6 Å². The number of nitriles is 1. The normalized spacial score (nSPS) is 11.8. The summed E-state index contributed by atoms with van der Waals surface area (Å²) in [6.07, 6.45) is 0. The lowest BCUT2D eigenvalue weighted by Gasteiger charge is -2.15. The summed E-state index contributed by atoms with van der Waals surface area (Å²) in [5.41, 5.74) is 7.43. The van der Waals surface area contributed by atoms with Crippen molar-refractivity contribution in [2.75, 3.05) is 0 Å². The van der Waals surface area contributed by atoms with Crippen molar-refractivity contribution in [1.29, 1.82) is 5.26 Å². The molecular formula is C16H15FN2O. The van der Waals surface area contributed by atoms with E-state index in [-0.39, 0.29) is 11.9 Å². The van der Waals surface area contributed by atoms with E-state index in [0.29, 0.717) is 28.2 Å². The van der Waals surface area contributed by atoms with Crippen LogP contribution in [-0.4, -0.2) is 0 Å². The van der Waals surface area contributed by atoms with E-state index in [1.165, 1.54) is 6.07 Å². The molecule has 0 aliphatic carbocycles. The minimum atomic E-state index is -0.348. The van der Waals surface area contributed by atoms with Gasteiger partial charge < -0.3 is 10.5 Å². The Morgan fingerprint density at radius 3 is 2.70 bits per heavy atom. The van der Waals surface area contributed by atoms with Gasteiger partial charge in [0.1, 0.15) is 17.3 Å². The van der Waals surface area contributed by atoms with E-state index in [1.807, 2.05) is 6.07 Å². The van der Waals surface area contributed by atoms with Crippen molar-refractivity contribution in [2.45, 2.75) is 19.9 Å². The maximum atomic E-state index is 13.6. The van der Waals surface area contributed by atoms with E-state index >= 15 is 0 Å². The molecule has 0 unspecified atom stereocenters. The zero-order chi connectivity index (χ0) is 14.7. The number of halogens is 1. The summed E-state index contributed by atoms with van der Waals surface area (Å²) in [5, 5.41) is 8.88. The Labute approximate surface area is 117 Å². The van der Waals surface area contributed by atoms with Gasteiger partial charge in [-0.3, -0.25) is 0 Å². The number of benzene rings is 2. The van der Waals surface area contributed by atoms with Crippen molar-refractivity contribution < 1.29 is 9.13 Å². The lowest BCUT2D eigenvalue weighted by Crippen LogP contribution is -2.08. The fraction of sp³-hybridized carbons (Fsp3) is 0.188. The van der Waals surface area contributed by atoms with Gasteiger partial charge in [-0.1, -0.05) is 6.07 Å². The van der Waals surface area contributed by atoms with Gasteiger partial charge in [-0.15, -0.1) is 0 Å². The molecule has 0 radical (unpaired) electrons. The topological polar surface area (TPSA) is 59.0 Å². The number of nitrogens with zero attached hydrogens (tertiary/aromatic N) is 1. The van der Waals surface area contributed by atoms with Crippen molar-refractivity contribution >= 4 is 0 Å². The zero-order valence-corrected chi connectivity index (χ0v) is 11.4. The molecule has 3 nitrogen and oxygen atoms in total. The van der Waals surface area contributed by atoms with Crippen LogP contribution in [0.15, 0.2) is 36.4 Å². The predicted octanol–water partition coefficient (Wildman–Crippen LogP) is 3.82. The SMILES string of the molecule is Cc1cc(Oc2cccc(C#N)c2)c([C@@H](C)N)cc1F. The van der Waals surface area contributed by atoms with E-state index in [9.17, 15) is 4.39 Å². The van der Waals surface area contributed by atoms with E-state index in [0.717, 1.165) is 0 Å². The van der Waals surface area contributed by atoms with Gasteiger partial charge >= 0.3 is 0 Å². The lowest BCUT2D eigenvalue weighted by atomic mass is 10.0. The van der Waals surface area contributed by atoms with E-state index in [4.69, 9.17) is 15.7 Å². The van der Waals surface area contributed by atoms with Crippen LogP contribution < -0.4 is 10.5 Å². The molecule has 2 aromatic carbocycles. The number of ether oxygens (including phenoxy) is 1. The summed E-state index contributed by atoms with van der Waals surface area (Å²) in [5.74, 6) is 0.723. The largest absolute Gasteiger partial charge is 0.457 e. The third kappa shape index (κ3) is 2.95. The Morgan fingerprint density at radius 2 is 2.05 bits per heavy atom. The maximum absolute atomic E-state index is 13.6. The minimum Gasteiger partial charge on any atom is -0.457 e. The van der Waals surface area contributed by atoms with Crippen molar-refractivity contribution in [1.82, 2.24) is 0 Å². The van der Waals surface area contributed by atoms with Crippen LogP contribution in [-0.2, 0) is 0 Å². The van der Waals surface area contributed by atoms with E-state index < -0.39 is 0 Å². The Bertz CT molecular complexity index is 675. The molecule has 2 N–H and O–H groups in total. The molecule has 2 rings (SSSR count). The van der Waals surface area contributed by atoms with Crippen molar-refractivity contribution in [3.63, 3.8) is 0 Å². The number of hydrogen-bond donors (Lipinski definition) is 1. The highest BCUT2D eigenvalue weighted by atomic mass is 19.1. The summed E-state index contributed by atoms with van der Waals surface area (Å²) < 4.78 is 19.4. The minimum absolute atomic E-state index is 0.310. The van der Waals surface area contributed by atoms with Crippen LogP contribution in [0.4, 0.5) is 4.39 Å². The Hall–Kier alpha value is -2.38. The molecule has 0 saturated heterocycles. The van der Waals surface area contributed by atoms with Gasteiger partial charge in [0.2, 0.25) is 0 Å². The molecule has 2 aromatic rings. The van der Waals surface area contributed by atoms with Gasteiger partial charge in [0.15, 0.2) is 0 Å². The van der Waals surface area contributed by atoms with E-state index in [1.54, 1.807) is 44.2 Å². The highest BCUT2D eigenvalue weighted by molar-refractivity contribution is 5.44. The molecule has 0 aliphatic heterocycles. The number of hydrogen-bond acceptors (Lipinski definition) is 3. The Kier molecular flexibility index (Phi) is 4.02. The molecule has 0 spiro atoms. The van der Waals surface area contributed by atoms with Crippen LogP contribution in [0.5, 0.6) is 11.5 Å². The average molecular weight is 270 g/mol. The van der Waals surface area contributed by atoms with Crippen molar-refractivity contribution in [2.24, 2.45) is 5.73 Å². The van der Waals surface area contributed by atoms with Gasteiger partial charge in [-0.05, 0) is 49.7 Å². The second-order valence-corrected chi connectivity index (χ2v) is 4.67. The van der Waals surface area contributed by atoms with Crippen LogP contribution in [0.25, 0.3) is 0 Å². The Morgan fingerprint density at radius 1 is 1.30 bits per heavy atom. The second-order valence-electron chi connectivity index (χ2n) is 4.67. The first-order chi connectivity index (χ1) is 9.51. The molecule has 0 aromatic heterocycles. The lowest BCUT2D eigenvalue weighted by molar-refractivity contribution is 0.468.